The molecule has 2 heterocycles. The molecule has 1 N–H and O–H groups in total. The number of hydrogen-bond acceptors (Lipinski definition) is 8. The standard InChI is InChI=1S/C28H25ClFN3O5/c1-35-8-9-36-24-15-23-25(27-26(24)37-10-11-38-27)28(32-16-31-23)33-20-7-4-18(22(29)14-20)13-21(34)12-17-2-5-19(30)6-3-17/h2-7,14-16H,8-13H2,1H3,(H,31,32,33). The second kappa shape index (κ2) is 11.6. The number of halogens is 2. The first-order chi connectivity index (χ1) is 18.5. The first kappa shape index (κ1) is 25.7. The van der Waals surface area contributed by atoms with E-state index in [2.05, 4.69) is 15.3 Å². The Kier molecular flexibility index (Phi) is 7.86. The Hall–Kier alpha value is -3.95. The Morgan fingerprint density at radius 2 is 1.82 bits per heavy atom. The van der Waals surface area contributed by atoms with Crippen molar-refractivity contribution in [1.29, 1.82) is 0 Å². The number of carbonyl (C=O) groups excluding carboxylic acids is 1. The highest BCUT2D eigenvalue weighted by molar-refractivity contribution is 6.31. The summed E-state index contributed by atoms with van der Waals surface area (Å²) in [5.41, 5.74) is 2.75. The third-order valence-corrected chi connectivity index (χ3v) is 6.29. The van der Waals surface area contributed by atoms with Crippen molar-refractivity contribution in [3.05, 3.63) is 76.8 Å². The fourth-order valence-electron chi connectivity index (χ4n) is 4.16. The molecule has 1 aromatic heterocycles. The van der Waals surface area contributed by atoms with Gasteiger partial charge in [0.1, 0.15) is 43.6 Å². The van der Waals surface area contributed by atoms with E-state index in [9.17, 15) is 9.18 Å². The lowest BCUT2D eigenvalue weighted by Crippen LogP contribution is -2.17. The summed E-state index contributed by atoms with van der Waals surface area (Å²) in [6, 6.07) is 13.1. The second-order valence-corrected chi connectivity index (χ2v) is 9.04. The van der Waals surface area contributed by atoms with Crippen molar-refractivity contribution in [1.82, 2.24) is 9.97 Å². The molecule has 0 aliphatic carbocycles. The predicted octanol–water partition coefficient (Wildman–Crippen LogP) is 5.32. The fourth-order valence-corrected chi connectivity index (χ4v) is 4.40. The maximum absolute atomic E-state index is 13.1. The summed E-state index contributed by atoms with van der Waals surface area (Å²) >= 11 is 6.53. The Labute approximate surface area is 223 Å². The van der Waals surface area contributed by atoms with E-state index in [0.717, 1.165) is 5.56 Å². The van der Waals surface area contributed by atoms with Crippen molar-refractivity contribution in [3.8, 4) is 17.2 Å². The van der Waals surface area contributed by atoms with Gasteiger partial charge in [-0.3, -0.25) is 4.79 Å². The van der Waals surface area contributed by atoms with E-state index in [0.29, 0.717) is 76.7 Å². The first-order valence-electron chi connectivity index (χ1n) is 12.0. The van der Waals surface area contributed by atoms with E-state index in [-0.39, 0.29) is 24.4 Å². The molecule has 0 unspecified atom stereocenters. The normalized spacial score (nSPS) is 12.4. The highest BCUT2D eigenvalue weighted by Crippen LogP contribution is 2.47. The van der Waals surface area contributed by atoms with E-state index in [1.807, 2.05) is 6.07 Å². The quantitative estimate of drug-likeness (QED) is 0.272. The molecule has 1 aliphatic rings. The average Bonchev–Trinajstić information content (AvgIpc) is 2.92. The van der Waals surface area contributed by atoms with Gasteiger partial charge in [0.25, 0.3) is 0 Å². The predicted molar refractivity (Wildman–Crippen MR) is 141 cm³/mol. The van der Waals surface area contributed by atoms with Crippen LogP contribution in [0, 0.1) is 5.82 Å². The van der Waals surface area contributed by atoms with Crippen LogP contribution in [0.5, 0.6) is 17.2 Å². The van der Waals surface area contributed by atoms with Gasteiger partial charge in [0.2, 0.25) is 5.75 Å². The van der Waals surface area contributed by atoms with Crippen LogP contribution in [0.1, 0.15) is 11.1 Å². The van der Waals surface area contributed by atoms with Crippen LogP contribution >= 0.6 is 11.6 Å². The van der Waals surface area contributed by atoms with Crippen LogP contribution in [0.2, 0.25) is 5.02 Å². The highest BCUT2D eigenvalue weighted by Gasteiger charge is 2.24. The number of carbonyl (C=O) groups is 1. The molecule has 38 heavy (non-hydrogen) atoms. The van der Waals surface area contributed by atoms with Crippen molar-refractivity contribution in [2.75, 3.05) is 38.9 Å². The molecule has 0 saturated carbocycles. The molecule has 0 radical (unpaired) electrons. The number of nitrogens with zero attached hydrogens (tertiary/aromatic N) is 2. The number of hydrogen-bond donors (Lipinski definition) is 1. The molecule has 10 heteroatoms. The Balaban J connectivity index is 1.37. The number of aromatic nitrogens is 2. The van der Waals surface area contributed by atoms with E-state index in [1.165, 1.54) is 18.5 Å². The molecule has 196 valence electrons. The highest BCUT2D eigenvalue weighted by atomic mass is 35.5. The van der Waals surface area contributed by atoms with Crippen LogP contribution in [-0.4, -0.2) is 49.3 Å². The Morgan fingerprint density at radius 3 is 2.58 bits per heavy atom. The topological polar surface area (TPSA) is 91.8 Å². The maximum atomic E-state index is 13.1. The molecule has 4 aromatic rings. The zero-order valence-electron chi connectivity index (χ0n) is 20.6. The summed E-state index contributed by atoms with van der Waals surface area (Å²) in [5, 5.41) is 4.37. The summed E-state index contributed by atoms with van der Waals surface area (Å²) in [4.78, 5) is 21.4. The monoisotopic (exact) mass is 537 g/mol. The van der Waals surface area contributed by atoms with Crippen molar-refractivity contribution in [2.24, 2.45) is 0 Å². The largest absolute Gasteiger partial charge is 0.487 e. The summed E-state index contributed by atoms with van der Waals surface area (Å²) < 4.78 is 35.9. The minimum atomic E-state index is -0.334. The molecule has 0 atom stereocenters. The van der Waals surface area contributed by atoms with Crippen LogP contribution in [-0.2, 0) is 22.4 Å². The molecule has 0 saturated heterocycles. The SMILES string of the molecule is COCCOc1cc2ncnc(Nc3ccc(CC(=O)Cc4ccc(F)cc4)c(Cl)c3)c2c2c1OCCO2. The van der Waals surface area contributed by atoms with Crippen LogP contribution in [0.4, 0.5) is 15.9 Å². The van der Waals surface area contributed by atoms with Gasteiger partial charge in [-0.15, -0.1) is 0 Å². The lowest BCUT2D eigenvalue weighted by molar-refractivity contribution is -0.117. The number of Topliss-reactive ketones (excluding diaryl/α,β-unsaturated/α-hetero) is 1. The fraction of sp³-hybridized carbons (Fsp3) is 0.250. The number of benzene rings is 3. The molecular formula is C28H25ClFN3O5. The average molecular weight is 538 g/mol. The van der Waals surface area contributed by atoms with E-state index < -0.39 is 0 Å². The number of ether oxygens (including phenoxy) is 4. The van der Waals surface area contributed by atoms with Crippen molar-refractivity contribution in [2.45, 2.75) is 12.8 Å². The third kappa shape index (κ3) is 5.79. The summed E-state index contributed by atoms with van der Waals surface area (Å²) in [6.45, 7) is 1.56. The minimum Gasteiger partial charge on any atom is -0.487 e. The Bertz CT molecular complexity index is 1470. The zero-order chi connectivity index (χ0) is 26.5. The van der Waals surface area contributed by atoms with Gasteiger partial charge in [0.15, 0.2) is 11.5 Å². The zero-order valence-corrected chi connectivity index (χ0v) is 21.4. The van der Waals surface area contributed by atoms with Crippen LogP contribution < -0.4 is 19.5 Å². The molecule has 8 nitrogen and oxygen atoms in total. The summed E-state index contributed by atoms with van der Waals surface area (Å²) in [5.74, 6) is 1.67. The van der Waals surface area contributed by atoms with Crippen molar-refractivity contribution < 1.29 is 28.1 Å². The van der Waals surface area contributed by atoms with Gasteiger partial charge >= 0.3 is 0 Å². The number of ketones is 1. The second-order valence-electron chi connectivity index (χ2n) is 8.64. The number of anilines is 2. The van der Waals surface area contributed by atoms with Gasteiger partial charge in [-0.2, -0.15) is 0 Å². The van der Waals surface area contributed by atoms with Gasteiger partial charge < -0.3 is 24.3 Å². The lowest BCUT2D eigenvalue weighted by atomic mass is 10.0. The lowest BCUT2D eigenvalue weighted by Gasteiger charge is -2.23. The maximum Gasteiger partial charge on any atom is 0.204 e. The van der Waals surface area contributed by atoms with Gasteiger partial charge in [-0.05, 0) is 35.4 Å². The smallest absolute Gasteiger partial charge is 0.204 e. The van der Waals surface area contributed by atoms with E-state index >= 15 is 0 Å². The summed E-state index contributed by atoms with van der Waals surface area (Å²) in [6.07, 6.45) is 1.81. The number of fused-ring (bicyclic) bond motifs is 3. The number of methoxy groups -OCH3 is 1. The summed E-state index contributed by atoms with van der Waals surface area (Å²) in [7, 11) is 1.61. The molecule has 0 spiro atoms. The number of nitrogens with one attached hydrogen (secondary N) is 1. The first-order valence-corrected chi connectivity index (χ1v) is 12.4. The van der Waals surface area contributed by atoms with Gasteiger partial charge in [-0.25, -0.2) is 14.4 Å². The van der Waals surface area contributed by atoms with Crippen LogP contribution in [0.15, 0.2) is 54.9 Å². The van der Waals surface area contributed by atoms with Crippen LogP contribution in [0.3, 0.4) is 0 Å². The minimum absolute atomic E-state index is 0.0201. The molecular weight excluding hydrogens is 513 g/mol. The number of rotatable bonds is 10. The molecule has 0 bridgehead atoms. The van der Waals surface area contributed by atoms with E-state index in [4.69, 9.17) is 30.5 Å². The Morgan fingerprint density at radius 1 is 1.03 bits per heavy atom. The van der Waals surface area contributed by atoms with E-state index in [1.54, 1.807) is 37.4 Å². The third-order valence-electron chi connectivity index (χ3n) is 5.94. The van der Waals surface area contributed by atoms with Crippen LogP contribution in [0.25, 0.3) is 10.9 Å². The molecule has 5 rings (SSSR count). The van der Waals surface area contributed by atoms with Crippen molar-refractivity contribution >= 4 is 39.8 Å². The van der Waals surface area contributed by atoms with Gasteiger partial charge in [0, 0.05) is 36.7 Å². The van der Waals surface area contributed by atoms with Crippen molar-refractivity contribution in [3.63, 3.8) is 0 Å². The van der Waals surface area contributed by atoms with Gasteiger partial charge in [0.05, 0.1) is 17.5 Å². The molecule has 3 aromatic carbocycles. The molecule has 0 fully saturated rings. The molecule has 0 amide bonds. The van der Waals surface area contributed by atoms with Gasteiger partial charge in [-0.1, -0.05) is 29.8 Å². The molecule has 1 aliphatic heterocycles.